The second-order valence-corrected chi connectivity index (χ2v) is 4.95. The second-order valence-electron chi connectivity index (χ2n) is 4.95. The van der Waals surface area contributed by atoms with Gasteiger partial charge in [-0.15, -0.1) is 0 Å². The molecular formula is C12H23NO2. The lowest BCUT2D eigenvalue weighted by atomic mass is 9.84. The molecule has 15 heavy (non-hydrogen) atoms. The number of nitrogens with one attached hydrogen (secondary N) is 1. The lowest BCUT2D eigenvalue weighted by Crippen LogP contribution is -2.42. The summed E-state index contributed by atoms with van der Waals surface area (Å²) < 4.78 is 0. The van der Waals surface area contributed by atoms with Crippen LogP contribution >= 0.6 is 0 Å². The van der Waals surface area contributed by atoms with Crippen LogP contribution in [0.3, 0.4) is 0 Å². The fraction of sp³-hybridized carbons (Fsp3) is 0.917. The average molecular weight is 213 g/mol. The van der Waals surface area contributed by atoms with Gasteiger partial charge < -0.3 is 10.4 Å². The van der Waals surface area contributed by atoms with Gasteiger partial charge in [0.05, 0.1) is 0 Å². The van der Waals surface area contributed by atoms with Gasteiger partial charge in [-0.3, -0.25) is 4.79 Å². The summed E-state index contributed by atoms with van der Waals surface area (Å²) in [4.78, 5) is 11.0. The van der Waals surface area contributed by atoms with E-state index >= 15 is 0 Å². The van der Waals surface area contributed by atoms with E-state index in [-0.39, 0.29) is 12.1 Å². The highest BCUT2D eigenvalue weighted by Gasteiger charge is 2.23. The van der Waals surface area contributed by atoms with Gasteiger partial charge in [0.25, 0.3) is 0 Å². The summed E-state index contributed by atoms with van der Waals surface area (Å²) >= 11 is 0. The molecule has 0 aromatic heterocycles. The number of aliphatic carboxylic acids is 1. The number of carboxylic acid groups (broad SMARTS) is 1. The minimum Gasteiger partial charge on any atom is -0.480 e. The fourth-order valence-electron chi connectivity index (χ4n) is 2.40. The summed E-state index contributed by atoms with van der Waals surface area (Å²) in [6.45, 7) is 3.99. The highest BCUT2D eigenvalue weighted by Crippen LogP contribution is 2.27. The molecule has 0 radical (unpaired) electrons. The maximum Gasteiger partial charge on any atom is 0.320 e. The van der Waals surface area contributed by atoms with Crippen molar-refractivity contribution < 1.29 is 9.90 Å². The molecule has 0 aliphatic heterocycles. The number of rotatable bonds is 5. The molecule has 0 amide bonds. The van der Waals surface area contributed by atoms with Gasteiger partial charge in [-0.1, -0.05) is 46.0 Å². The zero-order valence-electron chi connectivity index (χ0n) is 9.83. The van der Waals surface area contributed by atoms with Crippen molar-refractivity contribution in [3.8, 4) is 0 Å². The molecule has 0 aromatic carbocycles. The Kier molecular flexibility index (Phi) is 5.09. The van der Waals surface area contributed by atoms with Crippen LogP contribution in [0.5, 0.6) is 0 Å². The predicted molar refractivity (Wildman–Crippen MR) is 60.9 cm³/mol. The van der Waals surface area contributed by atoms with Crippen molar-refractivity contribution in [3.05, 3.63) is 0 Å². The first-order valence-corrected chi connectivity index (χ1v) is 6.08. The molecule has 0 spiro atoms. The number of carboxylic acids is 1. The van der Waals surface area contributed by atoms with E-state index in [1.807, 2.05) is 13.8 Å². The molecule has 3 nitrogen and oxygen atoms in total. The Labute approximate surface area is 92.3 Å². The van der Waals surface area contributed by atoms with Crippen LogP contribution in [-0.2, 0) is 4.79 Å². The van der Waals surface area contributed by atoms with Crippen LogP contribution in [0.1, 0.15) is 52.4 Å². The zero-order chi connectivity index (χ0) is 11.3. The van der Waals surface area contributed by atoms with Crippen LogP contribution in [0.15, 0.2) is 0 Å². The molecule has 1 aliphatic carbocycles. The molecule has 2 N–H and O–H groups in total. The van der Waals surface area contributed by atoms with Crippen molar-refractivity contribution in [2.24, 2.45) is 5.92 Å². The first kappa shape index (κ1) is 12.5. The quantitative estimate of drug-likeness (QED) is 0.737. The van der Waals surface area contributed by atoms with Crippen molar-refractivity contribution in [1.82, 2.24) is 5.32 Å². The van der Waals surface area contributed by atoms with Crippen LogP contribution in [0.2, 0.25) is 0 Å². The first-order chi connectivity index (χ1) is 7.09. The van der Waals surface area contributed by atoms with Gasteiger partial charge in [-0.25, -0.2) is 0 Å². The van der Waals surface area contributed by atoms with Gasteiger partial charge in [0, 0.05) is 6.04 Å². The molecule has 0 bridgehead atoms. The van der Waals surface area contributed by atoms with E-state index in [4.69, 9.17) is 5.11 Å². The molecular weight excluding hydrogens is 190 g/mol. The molecule has 1 fully saturated rings. The third-order valence-corrected chi connectivity index (χ3v) is 3.13. The first-order valence-electron chi connectivity index (χ1n) is 6.08. The molecule has 1 saturated carbocycles. The lowest BCUT2D eigenvalue weighted by molar-refractivity contribution is -0.140. The molecule has 1 unspecified atom stereocenters. The maximum atomic E-state index is 11.0. The van der Waals surface area contributed by atoms with E-state index < -0.39 is 5.97 Å². The van der Waals surface area contributed by atoms with Crippen molar-refractivity contribution in [3.63, 3.8) is 0 Å². The highest BCUT2D eigenvalue weighted by atomic mass is 16.4. The largest absolute Gasteiger partial charge is 0.480 e. The Morgan fingerprint density at radius 3 is 2.40 bits per heavy atom. The average Bonchev–Trinajstić information content (AvgIpc) is 2.17. The van der Waals surface area contributed by atoms with Crippen LogP contribution in [0.4, 0.5) is 0 Å². The minimum absolute atomic E-state index is 0.245. The van der Waals surface area contributed by atoms with E-state index in [2.05, 4.69) is 5.32 Å². The molecule has 1 rings (SSSR count). The summed E-state index contributed by atoms with van der Waals surface area (Å²) in [5.74, 6) is -0.0830. The van der Waals surface area contributed by atoms with E-state index in [1.165, 1.54) is 32.1 Å². The van der Waals surface area contributed by atoms with Gasteiger partial charge in [-0.05, 0) is 12.3 Å². The van der Waals surface area contributed by atoms with Crippen LogP contribution < -0.4 is 5.32 Å². The van der Waals surface area contributed by atoms with Crippen molar-refractivity contribution in [2.45, 2.75) is 64.5 Å². The van der Waals surface area contributed by atoms with Gasteiger partial charge in [-0.2, -0.15) is 0 Å². The second kappa shape index (κ2) is 6.11. The van der Waals surface area contributed by atoms with E-state index in [9.17, 15) is 4.79 Å². The van der Waals surface area contributed by atoms with Gasteiger partial charge in [0.1, 0.15) is 6.04 Å². The summed E-state index contributed by atoms with van der Waals surface area (Å²) in [5.41, 5.74) is 0. The topological polar surface area (TPSA) is 49.3 Å². The molecule has 1 atom stereocenters. The smallest absolute Gasteiger partial charge is 0.320 e. The van der Waals surface area contributed by atoms with Gasteiger partial charge in [0.15, 0.2) is 0 Å². The Balaban J connectivity index is 2.38. The lowest BCUT2D eigenvalue weighted by Gasteiger charge is -2.26. The summed E-state index contributed by atoms with van der Waals surface area (Å²) in [5, 5.41) is 12.2. The number of hydrogen-bond donors (Lipinski definition) is 2. The van der Waals surface area contributed by atoms with Crippen molar-refractivity contribution >= 4 is 5.97 Å². The predicted octanol–water partition coefficient (Wildman–Crippen LogP) is 2.41. The van der Waals surface area contributed by atoms with Crippen molar-refractivity contribution in [2.75, 3.05) is 0 Å². The van der Waals surface area contributed by atoms with E-state index in [0.717, 1.165) is 6.42 Å². The normalized spacial score (nSPS) is 20.5. The summed E-state index contributed by atoms with van der Waals surface area (Å²) in [6.07, 6.45) is 7.10. The van der Waals surface area contributed by atoms with E-state index in [1.54, 1.807) is 0 Å². The Bertz CT molecular complexity index is 198. The molecule has 0 heterocycles. The third-order valence-electron chi connectivity index (χ3n) is 3.13. The molecule has 1 aliphatic rings. The SMILES string of the molecule is CC(C)NC(CC1CCCCC1)C(=O)O. The monoisotopic (exact) mass is 213 g/mol. The summed E-state index contributed by atoms with van der Waals surface area (Å²) in [6, 6.07) is -0.109. The Hall–Kier alpha value is -0.570. The van der Waals surface area contributed by atoms with E-state index in [0.29, 0.717) is 5.92 Å². The molecule has 0 aromatic rings. The highest BCUT2D eigenvalue weighted by molar-refractivity contribution is 5.73. The fourth-order valence-corrected chi connectivity index (χ4v) is 2.40. The summed E-state index contributed by atoms with van der Waals surface area (Å²) in [7, 11) is 0. The number of carbonyl (C=O) groups is 1. The minimum atomic E-state index is -0.700. The molecule has 88 valence electrons. The Morgan fingerprint density at radius 1 is 1.33 bits per heavy atom. The van der Waals surface area contributed by atoms with Crippen molar-refractivity contribution in [1.29, 1.82) is 0 Å². The molecule has 3 heteroatoms. The van der Waals surface area contributed by atoms with Gasteiger partial charge >= 0.3 is 5.97 Å². The standard InChI is InChI=1S/C12H23NO2/c1-9(2)13-11(12(14)15)8-10-6-4-3-5-7-10/h9-11,13H,3-8H2,1-2H3,(H,14,15). The third kappa shape index (κ3) is 4.65. The number of hydrogen-bond acceptors (Lipinski definition) is 2. The maximum absolute atomic E-state index is 11.0. The van der Waals surface area contributed by atoms with Gasteiger partial charge in [0.2, 0.25) is 0 Å². The van der Waals surface area contributed by atoms with Crippen LogP contribution in [0.25, 0.3) is 0 Å². The zero-order valence-corrected chi connectivity index (χ0v) is 9.83. The van der Waals surface area contributed by atoms with Crippen LogP contribution in [-0.4, -0.2) is 23.2 Å². The Morgan fingerprint density at radius 2 is 1.93 bits per heavy atom. The molecule has 0 saturated heterocycles. The van der Waals surface area contributed by atoms with Crippen LogP contribution in [0, 0.1) is 5.92 Å².